The molecule has 18 heavy (non-hydrogen) atoms. The fourth-order valence-corrected chi connectivity index (χ4v) is 3.03. The Morgan fingerprint density at radius 2 is 2.17 bits per heavy atom. The number of hydrogen-bond donors (Lipinski definition) is 2. The van der Waals surface area contributed by atoms with Crippen molar-refractivity contribution < 1.29 is 0 Å². The number of rotatable bonds is 4. The van der Waals surface area contributed by atoms with E-state index < -0.39 is 0 Å². The van der Waals surface area contributed by atoms with Gasteiger partial charge in [0, 0.05) is 22.5 Å². The molecule has 96 valence electrons. The van der Waals surface area contributed by atoms with Gasteiger partial charge in [-0.25, -0.2) is 4.98 Å². The lowest BCUT2D eigenvalue weighted by atomic mass is 10.0. The molecule has 1 aromatic carbocycles. The van der Waals surface area contributed by atoms with Crippen LogP contribution in [0.2, 0.25) is 5.02 Å². The zero-order chi connectivity index (χ0) is 13.1. The molecule has 3 nitrogen and oxygen atoms in total. The minimum absolute atomic E-state index is 0.0351. The normalized spacial score (nSPS) is 12.7. The van der Waals surface area contributed by atoms with E-state index in [1.165, 1.54) is 0 Å². The van der Waals surface area contributed by atoms with Gasteiger partial charge in [0.05, 0.1) is 11.0 Å². The Balaban J connectivity index is 2.22. The van der Waals surface area contributed by atoms with E-state index in [4.69, 9.17) is 17.4 Å². The van der Waals surface area contributed by atoms with Crippen LogP contribution in [-0.2, 0) is 6.42 Å². The zero-order valence-electron chi connectivity index (χ0n) is 10.4. The fraction of sp³-hybridized carbons (Fsp3) is 0.308. The second-order valence-corrected chi connectivity index (χ2v) is 5.75. The number of nitrogens with zero attached hydrogens (tertiary/aromatic N) is 1. The lowest BCUT2D eigenvalue weighted by Gasteiger charge is -2.16. The lowest BCUT2D eigenvalue weighted by Crippen LogP contribution is -2.29. The summed E-state index contributed by atoms with van der Waals surface area (Å²) in [6.45, 7) is 4.02. The molecule has 1 aromatic heterocycles. The van der Waals surface area contributed by atoms with Crippen LogP contribution < -0.4 is 11.3 Å². The van der Waals surface area contributed by atoms with Gasteiger partial charge >= 0.3 is 0 Å². The maximum Gasteiger partial charge on any atom is 0.0947 e. The highest BCUT2D eigenvalue weighted by Crippen LogP contribution is 2.24. The van der Waals surface area contributed by atoms with E-state index in [0.717, 1.165) is 33.3 Å². The molecule has 1 atom stereocenters. The van der Waals surface area contributed by atoms with Crippen molar-refractivity contribution in [2.75, 3.05) is 0 Å². The molecule has 2 aromatic rings. The monoisotopic (exact) mass is 281 g/mol. The van der Waals surface area contributed by atoms with Gasteiger partial charge in [0.25, 0.3) is 0 Å². The van der Waals surface area contributed by atoms with Crippen molar-refractivity contribution >= 4 is 22.9 Å². The minimum atomic E-state index is 0.0351. The van der Waals surface area contributed by atoms with E-state index in [9.17, 15) is 0 Å². The largest absolute Gasteiger partial charge is 0.271 e. The third kappa shape index (κ3) is 3.29. The highest BCUT2D eigenvalue weighted by molar-refractivity contribution is 7.09. The molecule has 1 unspecified atom stereocenters. The first-order valence-corrected chi connectivity index (χ1v) is 6.98. The first-order chi connectivity index (χ1) is 8.58. The summed E-state index contributed by atoms with van der Waals surface area (Å²) >= 11 is 7.73. The van der Waals surface area contributed by atoms with Crippen LogP contribution in [0.25, 0.3) is 0 Å². The number of halogens is 1. The van der Waals surface area contributed by atoms with Crippen LogP contribution in [0.15, 0.2) is 23.6 Å². The van der Waals surface area contributed by atoms with Gasteiger partial charge < -0.3 is 0 Å². The van der Waals surface area contributed by atoms with Gasteiger partial charge in [-0.2, -0.15) is 0 Å². The molecular weight excluding hydrogens is 266 g/mol. The summed E-state index contributed by atoms with van der Waals surface area (Å²) in [5, 5.41) is 3.86. The molecule has 0 saturated carbocycles. The first kappa shape index (κ1) is 13.5. The highest BCUT2D eigenvalue weighted by Gasteiger charge is 2.13. The Hall–Kier alpha value is -0.940. The Morgan fingerprint density at radius 1 is 1.39 bits per heavy atom. The second-order valence-electron chi connectivity index (χ2n) is 4.37. The Bertz CT molecular complexity index is 519. The molecule has 5 heteroatoms. The SMILES string of the molecule is Cc1cc(Cl)cc(C(Cc2nc(C)cs2)NN)c1. The van der Waals surface area contributed by atoms with Crippen molar-refractivity contribution in [1.29, 1.82) is 0 Å². The molecule has 0 aliphatic carbocycles. The quantitative estimate of drug-likeness (QED) is 0.669. The van der Waals surface area contributed by atoms with Crippen LogP contribution in [0, 0.1) is 13.8 Å². The van der Waals surface area contributed by atoms with E-state index in [0.29, 0.717) is 0 Å². The average molecular weight is 282 g/mol. The van der Waals surface area contributed by atoms with Gasteiger partial charge in [-0.15, -0.1) is 11.3 Å². The Labute approximate surface area is 116 Å². The molecule has 0 fully saturated rings. The molecule has 0 bridgehead atoms. The van der Waals surface area contributed by atoms with Gasteiger partial charge in [0.1, 0.15) is 0 Å². The number of nitrogens with two attached hydrogens (primary N) is 1. The van der Waals surface area contributed by atoms with Crippen molar-refractivity contribution in [3.63, 3.8) is 0 Å². The number of aryl methyl sites for hydroxylation is 2. The van der Waals surface area contributed by atoms with Crippen molar-refractivity contribution in [1.82, 2.24) is 10.4 Å². The van der Waals surface area contributed by atoms with Gasteiger partial charge in [-0.1, -0.05) is 17.7 Å². The topological polar surface area (TPSA) is 50.9 Å². The number of thiazole rings is 1. The van der Waals surface area contributed by atoms with E-state index in [1.807, 2.05) is 31.4 Å². The van der Waals surface area contributed by atoms with E-state index in [-0.39, 0.29) is 6.04 Å². The molecule has 0 aliphatic rings. The maximum atomic E-state index is 6.08. The predicted molar refractivity (Wildman–Crippen MR) is 76.8 cm³/mol. The maximum absolute atomic E-state index is 6.08. The smallest absolute Gasteiger partial charge is 0.0947 e. The summed E-state index contributed by atoms with van der Waals surface area (Å²) in [6, 6.07) is 6.01. The highest BCUT2D eigenvalue weighted by atomic mass is 35.5. The van der Waals surface area contributed by atoms with Crippen LogP contribution in [0.1, 0.15) is 27.9 Å². The predicted octanol–water partition coefficient (Wildman–Crippen LogP) is 3.16. The zero-order valence-corrected chi connectivity index (χ0v) is 12.0. The molecule has 2 rings (SSSR count). The molecule has 1 heterocycles. The van der Waals surface area contributed by atoms with Crippen LogP contribution in [0.3, 0.4) is 0 Å². The van der Waals surface area contributed by atoms with Crippen molar-refractivity contribution in [3.05, 3.63) is 50.4 Å². The van der Waals surface area contributed by atoms with Gasteiger partial charge in [0.15, 0.2) is 0 Å². The summed E-state index contributed by atoms with van der Waals surface area (Å²) in [5.74, 6) is 5.64. The van der Waals surface area contributed by atoms with Crippen LogP contribution in [0.4, 0.5) is 0 Å². The summed E-state index contributed by atoms with van der Waals surface area (Å²) in [4.78, 5) is 4.46. The van der Waals surface area contributed by atoms with E-state index >= 15 is 0 Å². The van der Waals surface area contributed by atoms with Crippen LogP contribution in [0.5, 0.6) is 0 Å². The number of hydrazine groups is 1. The lowest BCUT2D eigenvalue weighted by molar-refractivity contribution is 0.550. The third-order valence-electron chi connectivity index (χ3n) is 2.71. The molecule has 0 aliphatic heterocycles. The molecular formula is C13H16ClN3S. The molecule has 0 spiro atoms. The molecule has 0 saturated heterocycles. The van der Waals surface area contributed by atoms with Crippen LogP contribution in [-0.4, -0.2) is 4.98 Å². The first-order valence-electron chi connectivity index (χ1n) is 5.72. The number of nitrogens with one attached hydrogen (secondary N) is 1. The van der Waals surface area contributed by atoms with Gasteiger partial charge in [-0.3, -0.25) is 11.3 Å². The number of hydrogen-bond acceptors (Lipinski definition) is 4. The summed E-state index contributed by atoms with van der Waals surface area (Å²) in [5.41, 5.74) is 6.11. The third-order valence-corrected chi connectivity index (χ3v) is 3.92. The number of aromatic nitrogens is 1. The van der Waals surface area contributed by atoms with Crippen molar-refractivity contribution in [2.45, 2.75) is 26.3 Å². The molecule has 0 radical (unpaired) electrons. The standard InChI is InChI=1S/C13H16ClN3S/c1-8-3-10(5-11(14)4-8)12(17-15)6-13-16-9(2)7-18-13/h3-5,7,12,17H,6,15H2,1-2H3. The Morgan fingerprint density at radius 3 is 2.72 bits per heavy atom. The molecule has 0 amide bonds. The van der Waals surface area contributed by atoms with Crippen molar-refractivity contribution in [3.8, 4) is 0 Å². The van der Waals surface area contributed by atoms with Crippen LogP contribution >= 0.6 is 22.9 Å². The Kier molecular flexibility index (Phi) is 4.35. The van der Waals surface area contributed by atoms with E-state index in [1.54, 1.807) is 11.3 Å². The molecule has 3 N–H and O–H groups in total. The van der Waals surface area contributed by atoms with Crippen molar-refractivity contribution in [2.24, 2.45) is 5.84 Å². The van der Waals surface area contributed by atoms with E-state index in [2.05, 4.69) is 16.5 Å². The van der Waals surface area contributed by atoms with Gasteiger partial charge in [0.2, 0.25) is 0 Å². The van der Waals surface area contributed by atoms with Gasteiger partial charge in [-0.05, 0) is 37.1 Å². The second kappa shape index (κ2) is 5.80. The summed E-state index contributed by atoms with van der Waals surface area (Å²) in [6.07, 6.45) is 0.773. The number of benzene rings is 1. The fourth-order valence-electron chi connectivity index (χ4n) is 1.91. The average Bonchev–Trinajstić information content (AvgIpc) is 2.70. The minimum Gasteiger partial charge on any atom is -0.271 e. The summed E-state index contributed by atoms with van der Waals surface area (Å²) < 4.78 is 0. The summed E-state index contributed by atoms with van der Waals surface area (Å²) in [7, 11) is 0.